The molecule has 0 atom stereocenters. The molecule has 2 heterocycles. The van der Waals surface area contributed by atoms with Crippen LogP contribution in [0.5, 0.6) is 0 Å². The second-order valence-electron chi connectivity index (χ2n) is 6.12. The molecule has 0 saturated heterocycles. The van der Waals surface area contributed by atoms with E-state index in [2.05, 4.69) is 15.5 Å². The number of benzene rings is 2. The smallest absolute Gasteiger partial charge is 0.336 e. The number of tetrazole rings is 1. The van der Waals surface area contributed by atoms with Gasteiger partial charge in [-0.05, 0) is 59.2 Å². The first-order chi connectivity index (χ1) is 13.0. The van der Waals surface area contributed by atoms with Crippen LogP contribution in [-0.2, 0) is 5.75 Å². The molecule has 27 heavy (non-hydrogen) atoms. The zero-order chi connectivity index (χ0) is 19.0. The molecule has 0 aliphatic rings. The van der Waals surface area contributed by atoms with Crippen LogP contribution in [0, 0.1) is 19.7 Å². The summed E-state index contributed by atoms with van der Waals surface area (Å²) in [6.45, 7) is 3.91. The van der Waals surface area contributed by atoms with Crippen molar-refractivity contribution >= 4 is 22.7 Å². The highest BCUT2D eigenvalue weighted by Gasteiger charge is 2.13. The van der Waals surface area contributed by atoms with Crippen molar-refractivity contribution in [3.63, 3.8) is 0 Å². The second-order valence-corrected chi connectivity index (χ2v) is 7.06. The molecule has 4 aromatic rings. The zero-order valence-electron chi connectivity index (χ0n) is 14.6. The molecule has 0 N–H and O–H groups in total. The van der Waals surface area contributed by atoms with E-state index in [4.69, 9.17) is 4.42 Å². The molecule has 0 aliphatic heterocycles. The van der Waals surface area contributed by atoms with Gasteiger partial charge in [-0.25, -0.2) is 9.18 Å². The number of hydrogen-bond acceptors (Lipinski definition) is 6. The predicted octanol–water partition coefficient (Wildman–Crippen LogP) is 3.82. The SMILES string of the molecule is Cc1ccc2c(CSc3nnnn3-c3cccc(F)c3)cc(=O)oc2c1C. The van der Waals surface area contributed by atoms with Crippen molar-refractivity contribution in [3.05, 3.63) is 75.4 Å². The molecule has 0 aliphatic carbocycles. The molecule has 0 bridgehead atoms. The summed E-state index contributed by atoms with van der Waals surface area (Å²) >= 11 is 1.36. The molecule has 4 rings (SSSR count). The highest BCUT2D eigenvalue weighted by molar-refractivity contribution is 7.98. The predicted molar refractivity (Wildman–Crippen MR) is 101 cm³/mol. The van der Waals surface area contributed by atoms with Crippen molar-refractivity contribution in [2.24, 2.45) is 0 Å². The fraction of sp³-hybridized carbons (Fsp3) is 0.158. The van der Waals surface area contributed by atoms with Gasteiger partial charge in [-0.2, -0.15) is 4.68 Å². The van der Waals surface area contributed by atoms with E-state index in [1.54, 1.807) is 12.1 Å². The van der Waals surface area contributed by atoms with E-state index in [0.29, 0.717) is 22.2 Å². The average molecular weight is 382 g/mol. The summed E-state index contributed by atoms with van der Waals surface area (Å²) in [5, 5.41) is 13.0. The van der Waals surface area contributed by atoms with Crippen molar-refractivity contribution in [2.45, 2.75) is 24.8 Å². The Morgan fingerprint density at radius 1 is 1.19 bits per heavy atom. The molecule has 0 spiro atoms. The first kappa shape index (κ1) is 17.4. The number of fused-ring (bicyclic) bond motifs is 1. The molecule has 8 heteroatoms. The Labute approximate surface area is 158 Å². The Morgan fingerprint density at radius 3 is 2.85 bits per heavy atom. The summed E-state index contributed by atoms with van der Waals surface area (Å²) in [7, 11) is 0. The zero-order valence-corrected chi connectivity index (χ0v) is 15.5. The third-order valence-corrected chi connectivity index (χ3v) is 5.34. The van der Waals surface area contributed by atoms with Gasteiger partial charge in [-0.15, -0.1) is 5.10 Å². The van der Waals surface area contributed by atoms with Gasteiger partial charge in [0.25, 0.3) is 0 Å². The minimum absolute atomic E-state index is 0.364. The molecule has 136 valence electrons. The number of thioether (sulfide) groups is 1. The highest BCUT2D eigenvalue weighted by Crippen LogP contribution is 2.28. The summed E-state index contributed by atoms with van der Waals surface area (Å²) in [6, 6.07) is 11.5. The van der Waals surface area contributed by atoms with Gasteiger partial charge >= 0.3 is 5.63 Å². The summed E-state index contributed by atoms with van der Waals surface area (Å²) < 4.78 is 20.4. The lowest BCUT2D eigenvalue weighted by molar-refractivity contribution is 0.557. The molecule has 0 unspecified atom stereocenters. The molecule has 0 saturated carbocycles. The molecule has 2 aromatic carbocycles. The Balaban J connectivity index is 1.69. The van der Waals surface area contributed by atoms with E-state index >= 15 is 0 Å². The Bertz CT molecular complexity index is 1200. The quantitative estimate of drug-likeness (QED) is 0.395. The van der Waals surface area contributed by atoms with E-state index in [9.17, 15) is 9.18 Å². The van der Waals surface area contributed by atoms with Crippen LogP contribution < -0.4 is 5.63 Å². The van der Waals surface area contributed by atoms with Gasteiger partial charge in [0.15, 0.2) is 0 Å². The highest BCUT2D eigenvalue weighted by atomic mass is 32.2. The molecular weight excluding hydrogens is 367 g/mol. The van der Waals surface area contributed by atoms with Crippen LogP contribution >= 0.6 is 11.8 Å². The Morgan fingerprint density at radius 2 is 2.04 bits per heavy atom. The van der Waals surface area contributed by atoms with Crippen LogP contribution in [0.25, 0.3) is 16.7 Å². The summed E-state index contributed by atoms with van der Waals surface area (Å²) in [5.41, 5.74) is 3.58. The van der Waals surface area contributed by atoms with Gasteiger partial charge in [-0.3, -0.25) is 0 Å². The number of hydrogen-bond donors (Lipinski definition) is 0. The van der Waals surface area contributed by atoms with Crippen LogP contribution in [0.3, 0.4) is 0 Å². The topological polar surface area (TPSA) is 73.8 Å². The van der Waals surface area contributed by atoms with Crippen LogP contribution in [0.2, 0.25) is 0 Å². The van der Waals surface area contributed by atoms with Crippen molar-refractivity contribution in [1.82, 2.24) is 20.2 Å². The first-order valence-corrected chi connectivity index (χ1v) is 9.21. The van der Waals surface area contributed by atoms with E-state index in [1.807, 2.05) is 26.0 Å². The lowest BCUT2D eigenvalue weighted by atomic mass is 10.0. The van der Waals surface area contributed by atoms with E-state index in [-0.39, 0.29) is 5.82 Å². The van der Waals surface area contributed by atoms with Crippen molar-refractivity contribution < 1.29 is 8.81 Å². The van der Waals surface area contributed by atoms with E-state index < -0.39 is 5.63 Å². The van der Waals surface area contributed by atoms with E-state index in [1.165, 1.54) is 34.6 Å². The third kappa shape index (κ3) is 3.35. The maximum atomic E-state index is 13.5. The van der Waals surface area contributed by atoms with E-state index in [0.717, 1.165) is 22.1 Å². The van der Waals surface area contributed by atoms with Gasteiger partial charge in [0.2, 0.25) is 5.16 Å². The number of nitrogens with zero attached hydrogens (tertiary/aromatic N) is 4. The van der Waals surface area contributed by atoms with Gasteiger partial charge in [-0.1, -0.05) is 30.0 Å². The maximum absolute atomic E-state index is 13.5. The van der Waals surface area contributed by atoms with Gasteiger partial charge in [0, 0.05) is 17.2 Å². The molecular formula is C19H15FN4O2S. The molecule has 0 radical (unpaired) electrons. The standard InChI is InChI=1S/C19H15FN4O2S/c1-11-6-7-16-13(8-17(25)26-18(16)12(11)2)10-27-19-21-22-23-24(19)15-5-3-4-14(20)9-15/h3-9H,10H2,1-2H3. The minimum atomic E-state index is -0.392. The monoisotopic (exact) mass is 382 g/mol. The first-order valence-electron chi connectivity index (χ1n) is 8.23. The molecule has 6 nitrogen and oxygen atoms in total. The Hall–Kier alpha value is -3.00. The number of aromatic nitrogens is 4. The lowest BCUT2D eigenvalue weighted by Crippen LogP contribution is -2.03. The fourth-order valence-corrected chi connectivity index (χ4v) is 3.71. The summed E-state index contributed by atoms with van der Waals surface area (Å²) in [5.74, 6) is 0.108. The van der Waals surface area contributed by atoms with Crippen LogP contribution in [0.4, 0.5) is 4.39 Å². The van der Waals surface area contributed by atoms with Crippen molar-refractivity contribution in [1.29, 1.82) is 0 Å². The van der Waals surface area contributed by atoms with Crippen LogP contribution in [0.1, 0.15) is 16.7 Å². The maximum Gasteiger partial charge on any atom is 0.336 e. The van der Waals surface area contributed by atoms with Gasteiger partial charge < -0.3 is 4.42 Å². The minimum Gasteiger partial charge on any atom is -0.422 e. The third-order valence-electron chi connectivity index (χ3n) is 4.37. The van der Waals surface area contributed by atoms with Gasteiger partial charge in [0.05, 0.1) is 5.69 Å². The summed E-state index contributed by atoms with van der Waals surface area (Å²) in [6.07, 6.45) is 0. The number of rotatable bonds is 4. The number of halogens is 1. The Kier molecular flexibility index (Phi) is 4.49. The van der Waals surface area contributed by atoms with Crippen molar-refractivity contribution in [2.75, 3.05) is 0 Å². The summed E-state index contributed by atoms with van der Waals surface area (Å²) in [4.78, 5) is 12.0. The van der Waals surface area contributed by atoms with Crippen LogP contribution in [-0.4, -0.2) is 20.2 Å². The van der Waals surface area contributed by atoms with Crippen molar-refractivity contribution in [3.8, 4) is 5.69 Å². The van der Waals surface area contributed by atoms with Gasteiger partial charge in [0.1, 0.15) is 11.4 Å². The average Bonchev–Trinajstić information content (AvgIpc) is 3.12. The molecule has 0 amide bonds. The molecule has 2 aromatic heterocycles. The lowest BCUT2D eigenvalue weighted by Gasteiger charge is -2.09. The fourth-order valence-electron chi connectivity index (χ4n) is 2.83. The number of aryl methyl sites for hydroxylation is 2. The largest absolute Gasteiger partial charge is 0.422 e. The second kappa shape index (κ2) is 6.96. The normalized spacial score (nSPS) is 11.2. The van der Waals surface area contributed by atoms with Crippen LogP contribution in [0.15, 0.2) is 56.8 Å². The molecule has 0 fully saturated rings.